The summed E-state index contributed by atoms with van der Waals surface area (Å²) < 4.78 is 16.0. The molecule has 0 bridgehead atoms. The van der Waals surface area contributed by atoms with Crippen LogP contribution >= 0.6 is 0 Å². The van der Waals surface area contributed by atoms with E-state index < -0.39 is 65.2 Å². The van der Waals surface area contributed by atoms with Crippen molar-refractivity contribution in [3.63, 3.8) is 0 Å². The molecule has 1 saturated carbocycles. The molecule has 7 atom stereocenters. The van der Waals surface area contributed by atoms with Crippen LogP contribution in [0.15, 0.2) is 12.2 Å². The van der Waals surface area contributed by atoms with Gasteiger partial charge in [-0.2, -0.15) is 0 Å². The highest BCUT2D eigenvalue weighted by molar-refractivity contribution is 5.99. The maximum Gasteiger partial charge on any atom is 0.334 e. The maximum atomic E-state index is 13.1. The number of Topliss-reactive ketones (excluding diaryl/α,β-unsaturated/α-hetero) is 2. The molecule has 1 N–H and O–H groups in total. The highest BCUT2D eigenvalue weighted by Gasteiger charge is 2.63. The van der Waals surface area contributed by atoms with E-state index in [4.69, 9.17) is 14.2 Å². The zero-order valence-corrected chi connectivity index (χ0v) is 17.6. The van der Waals surface area contributed by atoms with E-state index in [9.17, 15) is 24.3 Å². The van der Waals surface area contributed by atoms with E-state index in [1.54, 1.807) is 20.8 Å². The average Bonchev–Trinajstić information content (AvgIpc) is 2.93. The fourth-order valence-corrected chi connectivity index (χ4v) is 3.75. The minimum absolute atomic E-state index is 0.0714. The number of ether oxygens (including phenoxy) is 3. The Morgan fingerprint density at radius 2 is 1.97 bits per heavy atom. The summed E-state index contributed by atoms with van der Waals surface area (Å²) in [6.07, 6.45) is -3.07. The van der Waals surface area contributed by atoms with Crippen molar-refractivity contribution in [1.82, 2.24) is 0 Å². The Bertz CT molecular complexity index is 713. The molecule has 0 unspecified atom stereocenters. The van der Waals surface area contributed by atoms with Gasteiger partial charge in [-0.3, -0.25) is 14.4 Å². The summed E-state index contributed by atoms with van der Waals surface area (Å²) in [5.41, 5.74) is -2.28. The Hall–Kier alpha value is -2.06. The van der Waals surface area contributed by atoms with Crippen LogP contribution in [-0.4, -0.2) is 59.6 Å². The topological polar surface area (TPSA) is 116 Å². The molecular weight excluding hydrogens is 380 g/mol. The van der Waals surface area contributed by atoms with Crippen LogP contribution in [-0.2, 0) is 33.4 Å². The van der Waals surface area contributed by atoms with Crippen molar-refractivity contribution < 1.29 is 38.5 Å². The van der Waals surface area contributed by atoms with Gasteiger partial charge >= 0.3 is 11.9 Å². The predicted octanol–water partition coefficient (Wildman–Crippen LogP) is 1.38. The van der Waals surface area contributed by atoms with Gasteiger partial charge in [-0.05, 0) is 13.3 Å². The van der Waals surface area contributed by atoms with Crippen LogP contribution < -0.4 is 0 Å². The molecule has 8 heteroatoms. The second kappa shape index (κ2) is 8.75. The number of methoxy groups -OCH3 is 1. The normalized spacial score (nSPS) is 34.1. The van der Waals surface area contributed by atoms with Crippen LogP contribution in [0.4, 0.5) is 0 Å². The Balaban J connectivity index is 2.56. The first-order valence-corrected chi connectivity index (χ1v) is 9.90. The van der Waals surface area contributed by atoms with Crippen molar-refractivity contribution in [1.29, 1.82) is 0 Å². The Morgan fingerprint density at radius 1 is 1.34 bits per heavy atom. The number of rotatable bonds is 7. The molecule has 0 amide bonds. The summed E-state index contributed by atoms with van der Waals surface area (Å²) in [4.78, 5) is 50.6. The van der Waals surface area contributed by atoms with E-state index in [0.717, 1.165) is 0 Å². The molecule has 2 rings (SSSR count). The lowest BCUT2D eigenvalue weighted by Gasteiger charge is -2.39. The van der Waals surface area contributed by atoms with Crippen molar-refractivity contribution in [2.24, 2.45) is 17.8 Å². The van der Waals surface area contributed by atoms with E-state index >= 15 is 0 Å². The summed E-state index contributed by atoms with van der Waals surface area (Å²) in [6.45, 7) is 10.2. The van der Waals surface area contributed by atoms with Crippen LogP contribution in [0, 0.1) is 17.8 Å². The summed E-state index contributed by atoms with van der Waals surface area (Å²) in [5.74, 6) is -4.93. The van der Waals surface area contributed by atoms with E-state index in [1.807, 2.05) is 0 Å². The van der Waals surface area contributed by atoms with Gasteiger partial charge in [-0.1, -0.05) is 27.4 Å². The summed E-state index contributed by atoms with van der Waals surface area (Å²) in [5, 5.41) is 11.6. The smallest absolute Gasteiger partial charge is 0.334 e. The number of ketones is 2. The number of esters is 2. The van der Waals surface area contributed by atoms with Gasteiger partial charge in [0.2, 0.25) is 0 Å². The van der Waals surface area contributed by atoms with Gasteiger partial charge < -0.3 is 19.3 Å². The summed E-state index contributed by atoms with van der Waals surface area (Å²) >= 11 is 0. The van der Waals surface area contributed by atoms with Crippen LogP contribution in [0.5, 0.6) is 0 Å². The molecule has 0 aromatic heterocycles. The number of hydrogen-bond acceptors (Lipinski definition) is 8. The summed E-state index contributed by atoms with van der Waals surface area (Å²) in [7, 11) is 1.42. The van der Waals surface area contributed by atoms with E-state index in [0.29, 0.717) is 6.42 Å². The molecule has 162 valence electrons. The highest BCUT2D eigenvalue weighted by Crippen LogP contribution is 2.44. The second-order valence-corrected chi connectivity index (χ2v) is 8.06. The Kier molecular flexibility index (Phi) is 7.01. The molecule has 1 aliphatic heterocycles. The van der Waals surface area contributed by atoms with Crippen LogP contribution in [0.25, 0.3) is 0 Å². The molecule has 1 saturated heterocycles. The zero-order chi connectivity index (χ0) is 22.1. The number of carbonyl (C=O) groups is 4. The molecule has 0 aromatic rings. The number of hydrogen-bond donors (Lipinski definition) is 1. The molecule has 0 aromatic carbocycles. The van der Waals surface area contributed by atoms with Gasteiger partial charge in [-0.15, -0.1) is 0 Å². The van der Waals surface area contributed by atoms with E-state index in [2.05, 4.69) is 6.58 Å². The number of carbonyl (C=O) groups excluding carboxylic acids is 4. The predicted molar refractivity (Wildman–Crippen MR) is 102 cm³/mol. The fourth-order valence-electron chi connectivity index (χ4n) is 3.75. The van der Waals surface area contributed by atoms with Gasteiger partial charge in [0, 0.05) is 31.4 Å². The molecule has 1 heterocycles. The quantitative estimate of drug-likeness (QED) is 0.494. The van der Waals surface area contributed by atoms with Crippen molar-refractivity contribution in [3.05, 3.63) is 12.2 Å². The van der Waals surface area contributed by atoms with Gasteiger partial charge in [0.05, 0.1) is 17.9 Å². The van der Waals surface area contributed by atoms with Crippen molar-refractivity contribution in [2.45, 2.75) is 70.9 Å². The molecular formula is C21H30O8. The van der Waals surface area contributed by atoms with Crippen molar-refractivity contribution >= 4 is 23.5 Å². The first-order valence-electron chi connectivity index (χ1n) is 9.90. The Labute approximate surface area is 170 Å². The number of fused-ring (bicyclic) bond motifs is 1. The molecule has 0 radical (unpaired) electrons. The lowest BCUT2D eigenvalue weighted by atomic mass is 9.76. The van der Waals surface area contributed by atoms with Crippen LogP contribution in [0.2, 0.25) is 0 Å². The van der Waals surface area contributed by atoms with Gasteiger partial charge in [0.1, 0.15) is 11.9 Å². The van der Waals surface area contributed by atoms with Gasteiger partial charge in [0.25, 0.3) is 0 Å². The average molecular weight is 410 g/mol. The van der Waals surface area contributed by atoms with Crippen LogP contribution in [0.1, 0.15) is 47.0 Å². The Morgan fingerprint density at radius 3 is 2.52 bits per heavy atom. The van der Waals surface area contributed by atoms with Crippen molar-refractivity contribution in [2.75, 3.05) is 7.11 Å². The van der Waals surface area contributed by atoms with Crippen LogP contribution in [0.3, 0.4) is 0 Å². The molecule has 0 spiro atoms. The van der Waals surface area contributed by atoms with Crippen molar-refractivity contribution in [3.8, 4) is 0 Å². The number of aliphatic hydroxyl groups is 1. The lowest BCUT2D eigenvalue weighted by molar-refractivity contribution is -0.199. The fraction of sp³-hybridized carbons (Fsp3) is 0.714. The zero-order valence-electron chi connectivity index (χ0n) is 17.6. The molecule has 1 aliphatic carbocycles. The first-order chi connectivity index (χ1) is 13.5. The standard InChI is InChI=1S/C21H30O8/c1-7-10(2)19(24)29-18-17-14(12(4)20(25)28-17)9-15(22)13(5)21(18,26)16(23)8-11(3)27-6/h10-11,13-14,17-18,26H,4,7-9H2,1-3,5-6H3/t10-,11+,13-,14-,17+,18-,21+/m0/s1. The second-order valence-electron chi connectivity index (χ2n) is 8.06. The SMILES string of the molecule is C=C1C(=O)O[C@@H]2[C@H]1CC(=O)[C@H](C)[C@@](O)(C(=O)C[C@@H](C)OC)[C@H]2OC(=O)[C@@H](C)CC. The molecule has 2 fully saturated rings. The third-order valence-corrected chi connectivity index (χ3v) is 6.23. The first kappa shape index (κ1) is 23.2. The minimum atomic E-state index is -2.35. The largest absolute Gasteiger partial charge is 0.455 e. The van der Waals surface area contributed by atoms with Gasteiger partial charge in [0.15, 0.2) is 17.5 Å². The molecule has 29 heavy (non-hydrogen) atoms. The minimum Gasteiger partial charge on any atom is -0.455 e. The van der Waals surface area contributed by atoms with Gasteiger partial charge in [-0.25, -0.2) is 4.79 Å². The van der Waals surface area contributed by atoms with E-state index in [-0.39, 0.29) is 18.4 Å². The summed E-state index contributed by atoms with van der Waals surface area (Å²) in [6, 6.07) is 0. The monoisotopic (exact) mass is 410 g/mol. The lowest BCUT2D eigenvalue weighted by Crippen LogP contribution is -2.61. The third kappa shape index (κ3) is 4.14. The molecule has 2 aliphatic rings. The molecule has 8 nitrogen and oxygen atoms in total. The van der Waals surface area contributed by atoms with E-state index in [1.165, 1.54) is 14.0 Å². The maximum absolute atomic E-state index is 13.1. The highest BCUT2D eigenvalue weighted by atomic mass is 16.6. The third-order valence-electron chi connectivity index (χ3n) is 6.23.